The molecule has 0 radical (unpaired) electrons. The average molecular weight is 315 g/mol. The molecule has 0 spiro atoms. The maximum absolute atomic E-state index is 12.0. The second kappa shape index (κ2) is 7.90. The van der Waals surface area contributed by atoms with Crippen LogP contribution in [0.1, 0.15) is 24.1 Å². The van der Waals surface area contributed by atoms with E-state index in [4.69, 9.17) is 4.74 Å². The van der Waals surface area contributed by atoms with E-state index in [2.05, 4.69) is 36.5 Å². The van der Waals surface area contributed by atoms with E-state index in [1.165, 1.54) is 17.3 Å². The maximum atomic E-state index is 12.0. The Balaban J connectivity index is 1.83. The standard InChI is InChI=1S/C18H21NO2S/c1-13-4-6-15(7-5-13)14(2)19-18(20)12-22-17-10-8-16(21-3)9-11-17/h4-11,14H,12H2,1-3H3,(H,19,20)/t14-/m0/s1. The summed E-state index contributed by atoms with van der Waals surface area (Å²) in [6.45, 7) is 4.05. The van der Waals surface area contributed by atoms with Gasteiger partial charge in [0.05, 0.1) is 18.9 Å². The van der Waals surface area contributed by atoms with Gasteiger partial charge in [0.25, 0.3) is 0 Å². The van der Waals surface area contributed by atoms with Crippen LogP contribution in [0.5, 0.6) is 5.75 Å². The Morgan fingerprint density at radius 3 is 2.36 bits per heavy atom. The van der Waals surface area contributed by atoms with Crippen molar-refractivity contribution in [3.8, 4) is 5.75 Å². The minimum absolute atomic E-state index is 0.0181. The zero-order valence-corrected chi connectivity index (χ0v) is 13.9. The van der Waals surface area contributed by atoms with Crippen LogP contribution >= 0.6 is 11.8 Å². The molecule has 1 N–H and O–H groups in total. The van der Waals surface area contributed by atoms with Gasteiger partial charge >= 0.3 is 0 Å². The molecule has 116 valence electrons. The van der Waals surface area contributed by atoms with E-state index in [9.17, 15) is 4.79 Å². The summed E-state index contributed by atoms with van der Waals surface area (Å²) in [7, 11) is 1.64. The van der Waals surface area contributed by atoms with Gasteiger partial charge in [0.1, 0.15) is 5.75 Å². The molecule has 2 aromatic rings. The highest BCUT2D eigenvalue weighted by atomic mass is 32.2. The number of hydrogen-bond donors (Lipinski definition) is 1. The Hall–Kier alpha value is -1.94. The molecular formula is C18H21NO2S. The molecule has 0 fully saturated rings. The van der Waals surface area contributed by atoms with Crippen LogP contribution in [0.15, 0.2) is 53.4 Å². The SMILES string of the molecule is COc1ccc(SCC(=O)N[C@@H](C)c2ccc(C)cc2)cc1. The van der Waals surface area contributed by atoms with Crippen LogP contribution in [0, 0.1) is 6.92 Å². The summed E-state index contributed by atoms with van der Waals surface area (Å²) in [6.07, 6.45) is 0. The smallest absolute Gasteiger partial charge is 0.230 e. The van der Waals surface area contributed by atoms with Gasteiger partial charge in [-0.2, -0.15) is 0 Å². The lowest BCUT2D eigenvalue weighted by atomic mass is 10.1. The molecule has 0 aromatic heterocycles. The first kappa shape index (κ1) is 16.4. The lowest BCUT2D eigenvalue weighted by Gasteiger charge is -2.14. The van der Waals surface area contributed by atoms with Gasteiger partial charge in [-0.25, -0.2) is 0 Å². The number of amides is 1. The number of thioether (sulfide) groups is 1. The normalized spacial score (nSPS) is 11.8. The third-order valence-electron chi connectivity index (χ3n) is 3.38. The lowest BCUT2D eigenvalue weighted by molar-refractivity contribution is -0.119. The first-order valence-electron chi connectivity index (χ1n) is 7.21. The molecule has 2 aromatic carbocycles. The number of carbonyl (C=O) groups is 1. The second-order valence-electron chi connectivity index (χ2n) is 5.16. The molecule has 0 saturated heterocycles. The Morgan fingerprint density at radius 1 is 1.14 bits per heavy atom. The van der Waals surface area contributed by atoms with E-state index >= 15 is 0 Å². The van der Waals surface area contributed by atoms with E-state index in [-0.39, 0.29) is 11.9 Å². The van der Waals surface area contributed by atoms with Gasteiger partial charge in [0.15, 0.2) is 0 Å². The number of benzene rings is 2. The Kier molecular flexibility index (Phi) is 5.90. The number of hydrogen-bond acceptors (Lipinski definition) is 3. The molecule has 0 aliphatic carbocycles. The van der Waals surface area contributed by atoms with Crippen molar-refractivity contribution in [2.45, 2.75) is 24.8 Å². The molecule has 0 aliphatic heterocycles. The number of methoxy groups -OCH3 is 1. The first-order chi connectivity index (χ1) is 10.6. The van der Waals surface area contributed by atoms with E-state index in [0.717, 1.165) is 16.2 Å². The number of ether oxygens (including phenoxy) is 1. The highest BCUT2D eigenvalue weighted by Gasteiger charge is 2.09. The number of rotatable bonds is 6. The Labute approximate surface area is 136 Å². The first-order valence-corrected chi connectivity index (χ1v) is 8.20. The summed E-state index contributed by atoms with van der Waals surface area (Å²) in [6, 6.07) is 16.0. The molecule has 0 aliphatic rings. The summed E-state index contributed by atoms with van der Waals surface area (Å²) in [5.41, 5.74) is 2.34. The van der Waals surface area contributed by atoms with Crippen molar-refractivity contribution in [2.24, 2.45) is 0 Å². The van der Waals surface area contributed by atoms with Crippen LogP contribution < -0.4 is 10.1 Å². The predicted molar refractivity (Wildman–Crippen MR) is 91.5 cm³/mol. The zero-order chi connectivity index (χ0) is 15.9. The molecule has 0 saturated carbocycles. The van der Waals surface area contributed by atoms with Gasteiger partial charge in [0, 0.05) is 4.90 Å². The Bertz CT molecular complexity index is 608. The van der Waals surface area contributed by atoms with Crippen LogP contribution in [0.3, 0.4) is 0 Å². The molecule has 1 amide bonds. The second-order valence-corrected chi connectivity index (χ2v) is 6.21. The largest absolute Gasteiger partial charge is 0.497 e. The topological polar surface area (TPSA) is 38.3 Å². The minimum atomic E-state index is 0.0181. The van der Waals surface area contributed by atoms with Crippen molar-refractivity contribution in [2.75, 3.05) is 12.9 Å². The van der Waals surface area contributed by atoms with Gasteiger partial charge < -0.3 is 10.1 Å². The van der Waals surface area contributed by atoms with Gasteiger partial charge in [-0.05, 0) is 43.7 Å². The Morgan fingerprint density at radius 2 is 1.77 bits per heavy atom. The lowest BCUT2D eigenvalue weighted by Crippen LogP contribution is -2.28. The fourth-order valence-corrected chi connectivity index (χ4v) is 2.75. The molecular weight excluding hydrogens is 294 g/mol. The van der Waals surface area contributed by atoms with E-state index in [1.54, 1.807) is 7.11 Å². The molecule has 2 rings (SSSR count). The summed E-state index contributed by atoms with van der Waals surface area (Å²) in [5, 5.41) is 3.02. The van der Waals surface area contributed by atoms with Gasteiger partial charge in [0.2, 0.25) is 5.91 Å². The highest BCUT2D eigenvalue weighted by molar-refractivity contribution is 8.00. The van der Waals surface area contributed by atoms with Crippen molar-refractivity contribution in [3.05, 3.63) is 59.7 Å². The third-order valence-corrected chi connectivity index (χ3v) is 4.40. The van der Waals surface area contributed by atoms with Crippen LogP contribution in [0.4, 0.5) is 0 Å². The van der Waals surface area contributed by atoms with Crippen LogP contribution in [-0.4, -0.2) is 18.8 Å². The summed E-state index contributed by atoms with van der Waals surface area (Å²) in [5.74, 6) is 1.26. The maximum Gasteiger partial charge on any atom is 0.230 e. The zero-order valence-electron chi connectivity index (χ0n) is 13.1. The molecule has 0 unspecified atom stereocenters. The molecule has 0 bridgehead atoms. The third kappa shape index (κ3) is 4.81. The number of carbonyl (C=O) groups excluding carboxylic acids is 1. The fourth-order valence-electron chi connectivity index (χ4n) is 2.04. The van der Waals surface area contributed by atoms with Gasteiger partial charge in [-0.15, -0.1) is 11.8 Å². The molecule has 4 heteroatoms. The summed E-state index contributed by atoms with van der Waals surface area (Å²) < 4.78 is 5.12. The molecule has 1 atom stereocenters. The fraction of sp³-hybridized carbons (Fsp3) is 0.278. The monoisotopic (exact) mass is 315 g/mol. The number of nitrogens with one attached hydrogen (secondary N) is 1. The summed E-state index contributed by atoms with van der Waals surface area (Å²) in [4.78, 5) is 13.1. The van der Waals surface area contributed by atoms with Crippen molar-refractivity contribution in [1.82, 2.24) is 5.32 Å². The molecule has 22 heavy (non-hydrogen) atoms. The van der Waals surface area contributed by atoms with Gasteiger partial charge in [-0.1, -0.05) is 29.8 Å². The van der Waals surface area contributed by atoms with Crippen molar-refractivity contribution >= 4 is 17.7 Å². The van der Waals surface area contributed by atoms with E-state index < -0.39 is 0 Å². The quantitative estimate of drug-likeness (QED) is 0.820. The van der Waals surface area contributed by atoms with Crippen LogP contribution in [-0.2, 0) is 4.79 Å². The van der Waals surface area contributed by atoms with Crippen LogP contribution in [0.2, 0.25) is 0 Å². The van der Waals surface area contributed by atoms with Crippen LogP contribution in [0.25, 0.3) is 0 Å². The number of aryl methyl sites for hydroxylation is 1. The van der Waals surface area contributed by atoms with Crippen molar-refractivity contribution < 1.29 is 9.53 Å². The van der Waals surface area contributed by atoms with Gasteiger partial charge in [-0.3, -0.25) is 4.79 Å². The van der Waals surface area contributed by atoms with Crippen molar-refractivity contribution in [3.63, 3.8) is 0 Å². The minimum Gasteiger partial charge on any atom is -0.497 e. The molecule has 3 nitrogen and oxygen atoms in total. The highest BCUT2D eigenvalue weighted by Crippen LogP contribution is 2.21. The average Bonchev–Trinajstić information content (AvgIpc) is 2.54. The van der Waals surface area contributed by atoms with E-state index in [1.807, 2.05) is 31.2 Å². The predicted octanol–water partition coefficient (Wildman–Crippen LogP) is 3.97. The molecule has 0 heterocycles. The summed E-state index contributed by atoms with van der Waals surface area (Å²) >= 11 is 1.52. The van der Waals surface area contributed by atoms with E-state index in [0.29, 0.717) is 5.75 Å². The van der Waals surface area contributed by atoms with Crippen molar-refractivity contribution in [1.29, 1.82) is 0 Å².